The Balaban J connectivity index is 3.10. The van der Waals surface area contributed by atoms with E-state index in [1.54, 1.807) is 0 Å². The molecule has 74 valence electrons. The van der Waals surface area contributed by atoms with Crippen LogP contribution in [0.5, 0.6) is 0 Å². The Morgan fingerprint density at radius 3 is 2.23 bits per heavy atom. The minimum Gasteiger partial charge on any atom is -0.263 e. The monoisotopic (exact) mass is 197 g/mol. The highest BCUT2D eigenvalue weighted by molar-refractivity contribution is 5.35. The van der Waals surface area contributed by atoms with Crippen molar-refractivity contribution < 1.29 is 23.6 Å². The summed E-state index contributed by atoms with van der Waals surface area (Å²) in [5.41, 5.74) is -1.18. The van der Waals surface area contributed by atoms with Crippen molar-refractivity contribution in [1.29, 1.82) is 0 Å². The summed E-state index contributed by atoms with van der Waals surface area (Å²) >= 11 is 0. The first kappa shape index (κ1) is 9.81. The van der Waals surface area contributed by atoms with E-state index in [1.165, 1.54) is 0 Å². The highest BCUT2D eigenvalue weighted by Gasteiger charge is 2.35. The highest BCUT2D eigenvalue weighted by Crippen LogP contribution is 2.29. The predicted molar refractivity (Wildman–Crippen MR) is 34.3 cm³/mol. The quantitative estimate of drug-likeness (QED) is 0.660. The van der Waals surface area contributed by atoms with Gasteiger partial charge in [-0.2, -0.15) is 18.3 Å². The zero-order chi connectivity index (χ0) is 10.2. The molecule has 0 aromatic carbocycles. The minimum absolute atomic E-state index is 0.428. The van der Waals surface area contributed by atoms with Crippen molar-refractivity contribution in [1.82, 2.24) is 9.78 Å². The molecule has 2 N–H and O–H groups in total. The Morgan fingerprint density at radius 2 is 2.00 bits per heavy atom. The number of aryl methyl sites for hydroxylation is 1. The first-order valence-corrected chi connectivity index (χ1v) is 3.11. The van der Waals surface area contributed by atoms with E-state index < -0.39 is 22.9 Å². The van der Waals surface area contributed by atoms with Gasteiger partial charge in [0.25, 0.3) is 0 Å². The molecule has 13 heavy (non-hydrogen) atoms. The van der Waals surface area contributed by atoms with Gasteiger partial charge in [0.2, 0.25) is 0 Å². The van der Waals surface area contributed by atoms with Gasteiger partial charge in [-0.15, -0.1) is 5.23 Å². The third-order valence-corrected chi connectivity index (χ3v) is 1.35. The molecule has 0 fully saturated rings. The Hall–Kier alpha value is -1.28. The summed E-state index contributed by atoms with van der Waals surface area (Å²) in [5.74, 6) is -0.465. The minimum atomic E-state index is -4.59. The summed E-state index contributed by atoms with van der Waals surface area (Å²) < 4.78 is 36.7. The van der Waals surface area contributed by atoms with Crippen molar-refractivity contribution >= 4 is 5.82 Å². The van der Waals surface area contributed by atoms with Crippen LogP contribution < -0.4 is 5.23 Å². The molecule has 0 atom stereocenters. The average Bonchev–Trinajstić information content (AvgIpc) is 2.29. The maximum Gasteiger partial charge on any atom is 0.435 e. The molecule has 0 saturated heterocycles. The lowest BCUT2D eigenvalue weighted by molar-refractivity contribution is -0.141. The van der Waals surface area contributed by atoms with Gasteiger partial charge in [-0.3, -0.25) is 10.4 Å². The molecule has 0 amide bonds. The molecule has 1 aromatic rings. The molecule has 0 spiro atoms. The SMILES string of the molecule is Cn1nc(C(F)(F)F)cc1N(O)O. The molecule has 0 unspecified atom stereocenters. The number of alkyl halides is 3. The number of hydrogen-bond donors (Lipinski definition) is 2. The van der Waals surface area contributed by atoms with Crippen LogP contribution in [0.15, 0.2) is 6.07 Å². The van der Waals surface area contributed by atoms with Crippen LogP contribution in [0.25, 0.3) is 0 Å². The topological polar surface area (TPSA) is 61.5 Å². The molecule has 0 bridgehead atoms. The summed E-state index contributed by atoms with van der Waals surface area (Å²) in [6, 6.07) is 0.514. The largest absolute Gasteiger partial charge is 0.435 e. The van der Waals surface area contributed by atoms with E-state index in [2.05, 4.69) is 5.10 Å². The van der Waals surface area contributed by atoms with Crippen LogP contribution in [0.3, 0.4) is 0 Å². The van der Waals surface area contributed by atoms with E-state index in [0.717, 1.165) is 7.05 Å². The molecule has 5 nitrogen and oxygen atoms in total. The van der Waals surface area contributed by atoms with Crippen molar-refractivity contribution in [3.8, 4) is 0 Å². The van der Waals surface area contributed by atoms with Crippen LogP contribution in [0.1, 0.15) is 5.69 Å². The fourth-order valence-corrected chi connectivity index (χ4v) is 0.783. The summed E-state index contributed by atoms with van der Waals surface area (Å²) in [4.78, 5) is 0. The number of rotatable bonds is 1. The number of nitrogens with zero attached hydrogens (tertiary/aromatic N) is 3. The van der Waals surface area contributed by atoms with Crippen LogP contribution in [0.4, 0.5) is 19.0 Å². The van der Waals surface area contributed by atoms with Gasteiger partial charge >= 0.3 is 6.18 Å². The maximum absolute atomic E-state index is 12.0. The van der Waals surface area contributed by atoms with Gasteiger partial charge in [0.05, 0.1) is 0 Å². The summed E-state index contributed by atoms with van der Waals surface area (Å²) in [6.07, 6.45) is -4.59. The Morgan fingerprint density at radius 1 is 1.46 bits per heavy atom. The molecular weight excluding hydrogens is 191 g/mol. The smallest absolute Gasteiger partial charge is 0.263 e. The maximum atomic E-state index is 12.0. The summed E-state index contributed by atoms with van der Waals surface area (Å²) in [5, 5.41) is 19.5. The predicted octanol–water partition coefficient (Wildman–Crippen LogP) is 1.02. The van der Waals surface area contributed by atoms with Gasteiger partial charge in [0, 0.05) is 13.1 Å². The normalized spacial score (nSPS) is 11.8. The van der Waals surface area contributed by atoms with Crippen LogP contribution >= 0.6 is 0 Å². The third kappa shape index (κ3) is 1.90. The van der Waals surface area contributed by atoms with Crippen molar-refractivity contribution in [3.63, 3.8) is 0 Å². The fourth-order valence-electron chi connectivity index (χ4n) is 0.783. The first-order chi connectivity index (χ1) is 5.82. The molecule has 0 aliphatic carbocycles. The molecule has 8 heteroatoms. The Kier molecular flexibility index (Phi) is 2.18. The van der Waals surface area contributed by atoms with Gasteiger partial charge in [0.15, 0.2) is 11.5 Å². The molecule has 0 aliphatic heterocycles. The second-order valence-corrected chi connectivity index (χ2v) is 2.30. The van der Waals surface area contributed by atoms with Crippen molar-refractivity contribution in [2.24, 2.45) is 7.05 Å². The van der Waals surface area contributed by atoms with E-state index in [4.69, 9.17) is 10.4 Å². The van der Waals surface area contributed by atoms with Gasteiger partial charge < -0.3 is 0 Å². The van der Waals surface area contributed by atoms with E-state index in [9.17, 15) is 13.2 Å². The van der Waals surface area contributed by atoms with Crippen LogP contribution in [0.2, 0.25) is 0 Å². The van der Waals surface area contributed by atoms with Crippen molar-refractivity contribution in [3.05, 3.63) is 11.8 Å². The zero-order valence-electron chi connectivity index (χ0n) is 6.45. The van der Waals surface area contributed by atoms with Gasteiger partial charge in [-0.25, -0.2) is 4.68 Å². The van der Waals surface area contributed by atoms with E-state index in [0.29, 0.717) is 10.7 Å². The fraction of sp³-hybridized carbons (Fsp3) is 0.400. The lowest BCUT2D eigenvalue weighted by atomic mass is 10.4. The highest BCUT2D eigenvalue weighted by atomic mass is 19.4. The summed E-state index contributed by atoms with van der Waals surface area (Å²) in [6.45, 7) is 0. The van der Waals surface area contributed by atoms with E-state index >= 15 is 0 Å². The zero-order valence-corrected chi connectivity index (χ0v) is 6.45. The second kappa shape index (κ2) is 2.89. The molecule has 1 aromatic heterocycles. The van der Waals surface area contributed by atoms with Crippen molar-refractivity contribution in [2.45, 2.75) is 6.18 Å². The lowest BCUT2D eigenvalue weighted by Crippen LogP contribution is -2.14. The second-order valence-electron chi connectivity index (χ2n) is 2.30. The molecule has 1 rings (SSSR count). The van der Waals surface area contributed by atoms with E-state index in [1.807, 2.05) is 0 Å². The first-order valence-electron chi connectivity index (χ1n) is 3.11. The third-order valence-electron chi connectivity index (χ3n) is 1.35. The van der Waals surface area contributed by atoms with E-state index in [-0.39, 0.29) is 0 Å². The molecule has 0 aliphatic rings. The molecule has 0 radical (unpaired) electrons. The standard InChI is InChI=1S/C5H6F3N3O2/c1-10-4(11(12)13)2-3(9-10)5(6,7)8/h2,12-13H,1H3. The van der Waals surface area contributed by atoms with Crippen LogP contribution in [-0.2, 0) is 13.2 Å². The molecule has 1 heterocycles. The van der Waals surface area contributed by atoms with Crippen LogP contribution in [-0.4, -0.2) is 20.2 Å². The van der Waals surface area contributed by atoms with Gasteiger partial charge in [0.1, 0.15) is 0 Å². The lowest BCUT2D eigenvalue weighted by Gasteiger charge is -2.05. The molecule has 0 saturated carbocycles. The number of anilines is 1. The molecular formula is C5H6F3N3O2. The summed E-state index contributed by atoms with van der Waals surface area (Å²) in [7, 11) is 1.16. The Bertz CT molecular complexity index is 306. The number of hydrogen-bond acceptors (Lipinski definition) is 4. The Labute approximate surface area is 70.5 Å². The number of aromatic nitrogens is 2. The average molecular weight is 197 g/mol. The van der Waals surface area contributed by atoms with Crippen LogP contribution in [0, 0.1) is 0 Å². The number of halogens is 3. The van der Waals surface area contributed by atoms with Gasteiger partial charge in [-0.05, 0) is 0 Å². The van der Waals surface area contributed by atoms with Crippen molar-refractivity contribution in [2.75, 3.05) is 5.23 Å². The van der Waals surface area contributed by atoms with Gasteiger partial charge in [-0.1, -0.05) is 0 Å².